The number of hydrogen-bond donors (Lipinski definition) is 1. The highest BCUT2D eigenvalue weighted by atomic mass is 19.1. The topological polar surface area (TPSA) is 35.7 Å². The Labute approximate surface area is 62.3 Å². The minimum atomic E-state index is -0.380. The quantitative estimate of drug-likeness (QED) is 0.598. The molecule has 0 spiro atoms. The number of fused-ring (bicyclic) bond motifs is 1. The smallest absolute Gasteiger partial charge is 0.203 e. The summed E-state index contributed by atoms with van der Waals surface area (Å²) in [4.78, 5) is 2.74. The molecule has 0 unspecified atom stereocenters. The van der Waals surface area contributed by atoms with Gasteiger partial charge in [-0.3, -0.25) is 5.11 Å². The second-order valence-corrected chi connectivity index (χ2v) is 2.34. The largest absolute Gasteiger partial charge is 0.358 e. The average Bonchev–Trinajstić information content (AvgIpc) is 2.33. The van der Waals surface area contributed by atoms with Gasteiger partial charge in [0.15, 0.2) is 0 Å². The van der Waals surface area contributed by atoms with Crippen LogP contribution in [0.4, 0.5) is 4.39 Å². The molecule has 0 saturated carbocycles. The van der Waals surface area contributed by atoms with Crippen LogP contribution in [0.5, 0.6) is 5.75 Å². The molecule has 2 aromatic rings. The predicted molar refractivity (Wildman–Crippen MR) is 38.4 cm³/mol. The van der Waals surface area contributed by atoms with E-state index < -0.39 is 0 Å². The zero-order valence-electron chi connectivity index (χ0n) is 5.60. The van der Waals surface area contributed by atoms with Crippen molar-refractivity contribution in [1.82, 2.24) is 4.98 Å². The van der Waals surface area contributed by atoms with E-state index in [0.717, 1.165) is 0 Å². The summed E-state index contributed by atoms with van der Waals surface area (Å²) in [5.41, 5.74) is 0.677. The second-order valence-electron chi connectivity index (χ2n) is 2.34. The lowest BCUT2D eigenvalue weighted by Crippen LogP contribution is -1.71. The van der Waals surface area contributed by atoms with Gasteiger partial charge in [0.2, 0.25) is 5.75 Å². The maximum atomic E-state index is 12.5. The van der Waals surface area contributed by atoms with Crippen molar-refractivity contribution in [2.45, 2.75) is 0 Å². The van der Waals surface area contributed by atoms with Gasteiger partial charge in [0.1, 0.15) is 5.82 Å². The van der Waals surface area contributed by atoms with Gasteiger partial charge in [-0.1, -0.05) is 0 Å². The van der Waals surface area contributed by atoms with Gasteiger partial charge in [-0.2, -0.15) is 0 Å². The number of hydrogen-bond acceptors (Lipinski definition) is 0. The molecule has 11 heavy (non-hydrogen) atoms. The van der Waals surface area contributed by atoms with Gasteiger partial charge >= 0.3 is 0 Å². The molecular weight excluding hydrogens is 145 g/mol. The fourth-order valence-corrected chi connectivity index (χ4v) is 1.07. The Morgan fingerprint density at radius 1 is 1.36 bits per heavy atom. The van der Waals surface area contributed by atoms with Crippen molar-refractivity contribution in [3.05, 3.63) is 30.2 Å². The molecule has 0 aliphatic carbocycles. The van der Waals surface area contributed by atoms with E-state index in [1.807, 2.05) is 0 Å². The Morgan fingerprint density at radius 3 is 3.00 bits per heavy atom. The monoisotopic (exact) mass is 150 g/mol. The van der Waals surface area contributed by atoms with Crippen LogP contribution in [0.2, 0.25) is 0 Å². The second kappa shape index (κ2) is 1.99. The van der Waals surface area contributed by atoms with Crippen molar-refractivity contribution in [2.75, 3.05) is 0 Å². The SMILES string of the molecule is [O]c1c[nH]c2ccc(F)cc12. The summed E-state index contributed by atoms with van der Waals surface area (Å²) in [6, 6.07) is 4.10. The minimum absolute atomic E-state index is 0.167. The Bertz CT molecular complexity index is 394. The van der Waals surface area contributed by atoms with E-state index in [0.29, 0.717) is 10.9 Å². The summed E-state index contributed by atoms with van der Waals surface area (Å²) in [6.45, 7) is 0. The summed E-state index contributed by atoms with van der Waals surface area (Å²) < 4.78 is 12.5. The molecule has 1 heterocycles. The number of benzene rings is 1. The van der Waals surface area contributed by atoms with Crippen LogP contribution < -0.4 is 0 Å². The van der Waals surface area contributed by atoms with Crippen LogP contribution >= 0.6 is 0 Å². The fourth-order valence-electron chi connectivity index (χ4n) is 1.07. The van der Waals surface area contributed by atoms with E-state index in [1.54, 1.807) is 6.07 Å². The first-order valence-corrected chi connectivity index (χ1v) is 3.21. The Hall–Kier alpha value is -1.51. The Morgan fingerprint density at radius 2 is 2.18 bits per heavy atom. The molecule has 1 radical (unpaired) electrons. The summed E-state index contributed by atoms with van der Waals surface area (Å²) in [5.74, 6) is -0.547. The number of H-pyrrole nitrogens is 1. The van der Waals surface area contributed by atoms with Crippen LogP contribution in [0.15, 0.2) is 24.4 Å². The molecule has 55 valence electrons. The van der Waals surface area contributed by atoms with E-state index in [2.05, 4.69) is 4.98 Å². The molecular formula is C8H5FNO. The molecule has 0 aliphatic heterocycles. The maximum Gasteiger partial charge on any atom is 0.203 e. The highest BCUT2D eigenvalue weighted by Crippen LogP contribution is 2.24. The third kappa shape index (κ3) is 0.852. The van der Waals surface area contributed by atoms with Gasteiger partial charge < -0.3 is 4.98 Å². The van der Waals surface area contributed by atoms with Crippen molar-refractivity contribution < 1.29 is 9.50 Å². The molecule has 0 saturated heterocycles. The molecule has 0 atom stereocenters. The van der Waals surface area contributed by atoms with Crippen molar-refractivity contribution in [3.63, 3.8) is 0 Å². The normalized spacial score (nSPS) is 10.6. The fraction of sp³-hybridized carbons (Fsp3) is 0. The van der Waals surface area contributed by atoms with E-state index in [-0.39, 0.29) is 11.6 Å². The summed E-state index contributed by atoms with van der Waals surface area (Å²) in [7, 11) is 0. The van der Waals surface area contributed by atoms with Crippen molar-refractivity contribution in [2.24, 2.45) is 0 Å². The van der Waals surface area contributed by atoms with Crippen LogP contribution in [0.1, 0.15) is 0 Å². The first kappa shape index (κ1) is 6.22. The minimum Gasteiger partial charge on any atom is -0.358 e. The van der Waals surface area contributed by atoms with Gasteiger partial charge in [0.05, 0.1) is 0 Å². The van der Waals surface area contributed by atoms with Gasteiger partial charge in [0.25, 0.3) is 0 Å². The lowest BCUT2D eigenvalue weighted by Gasteiger charge is -1.88. The third-order valence-electron chi connectivity index (χ3n) is 1.61. The molecule has 1 N–H and O–H groups in total. The zero-order valence-corrected chi connectivity index (χ0v) is 5.60. The highest BCUT2D eigenvalue weighted by Gasteiger charge is 2.03. The van der Waals surface area contributed by atoms with Gasteiger partial charge in [-0.15, -0.1) is 0 Å². The first-order chi connectivity index (χ1) is 5.27. The Kier molecular flexibility index (Phi) is 1.12. The van der Waals surface area contributed by atoms with E-state index in [4.69, 9.17) is 0 Å². The summed E-state index contributed by atoms with van der Waals surface area (Å²) >= 11 is 0. The standard InChI is InChI=1S/C8H5FNO/c9-5-1-2-7-6(3-5)8(11)4-10-7/h1-4,10H. The van der Waals surface area contributed by atoms with Crippen molar-refractivity contribution >= 4 is 10.9 Å². The number of rotatable bonds is 0. The van der Waals surface area contributed by atoms with Crippen LogP contribution in [0.3, 0.4) is 0 Å². The molecule has 0 fully saturated rings. The van der Waals surface area contributed by atoms with Crippen LogP contribution in [0, 0.1) is 5.82 Å². The molecule has 1 aromatic carbocycles. The highest BCUT2D eigenvalue weighted by molar-refractivity contribution is 5.85. The number of halogens is 1. The first-order valence-electron chi connectivity index (χ1n) is 3.21. The molecule has 2 rings (SSSR count). The van der Waals surface area contributed by atoms with Crippen molar-refractivity contribution in [1.29, 1.82) is 0 Å². The lowest BCUT2D eigenvalue weighted by atomic mass is 10.2. The van der Waals surface area contributed by atoms with E-state index in [1.165, 1.54) is 18.3 Å². The Balaban J connectivity index is 2.87. The van der Waals surface area contributed by atoms with Crippen LogP contribution in [-0.4, -0.2) is 4.98 Å². The molecule has 3 heteroatoms. The molecule has 2 nitrogen and oxygen atoms in total. The van der Waals surface area contributed by atoms with Gasteiger partial charge in [-0.25, -0.2) is 4.39 Å². The molecule has 0 aliphatic rings. The lowest BCUT2D eigenvalue weighted by molar-refractivity contribution is 0.360. The van der Waals surface area contributed by atoms with E-state index >= 15 is 0 Å². The molecule has 1 aromatic heterocycles. The summed E-state index contributed by atoms with van der Waals surface area (Å²) in [5, 5.41) is 11.3. The predicted octanol–water partition coefficient (Wildman–Crippen LogP) is 2.45. The molecule has 0 bridgehead atoms. The van der Waals surface area contributed by atoms with Gasteiger partial charge in [0, 0.05) is 17.1 Å². The van der Waals surface area contributed by atoms with Crippen molar-refractivity contribution in [3.8, 4) is 5.75 Å². The number of nitrogens with one attached hydrogen (secondary N) is 1. The van der Waals surface area contributed by atoms with Gasteiger partial charge in [-0.05, 0) is 18.2 Å². The number of aromatic amines is 1. The zero-order chi connectivity index (χ0) is 7.84. The third-order valence-corrected chi connectivity index (χ3v) is 1.61. The van der Waals surface area contributed by atoms with E-state index in [9.17, 15) is 9.50 Å². The average molecular weight is 150 g/mol. The maximum absolute atomic E-state index is 12.5. The molecule has 0 amide bonds. The van der Waals surface area contributed by atoms with Crippen LogP contribution in [-0.2, 0) is 5.11 Å². The summed E-state index contributed by atoms with van der Waals surface area (Å²) in [6.07, 6.45) is 1.32. The number of aromatic nitrogens is 1. The van der Waals surface area contributed by atoms with Crippen LogP contribution in [0.25, 0.3) is 10.9 Å².